The van der Waals surface area contributed by atoms with Crippen LogP contribution in [0.3, 0.4) is 0 Å². The molecule has 11 heteroatoms. The number of amides is 2. The molecule has 2 aromatic carbocycles. The van der Waals surface area contributed by atoms with Crippen LogP contribution in [0.15, 0.2) is 60.7 Å². The molecule has 1 fully saturated rings. The van der Waals surface area contributed by atoms with E-state index in [0.717, 1.165) is 17.2 Å². The quantitative estimate of drug-likeness (QED) is 0.464. The summed E-state index contributed by atoms with van der Waals surface area (Å²) >= 11 is 0. The number of esters is 1. The van der Waals surface area contributed by atoms with Gasteiger partial charge in [-0.05, 0) is 24.6 Å². The molecule has 0 spiro atoms. The van der Waals surface area contributed by atoms with E-state index in [9.17, 15) is 28.0 Å². The van der Waals surface area contributed by atoms with Crippen molar-refractivity contribution in [1.82, 2.24) is 9.88 Å². The van der Waals surface area contributed by atoms with Crippen molar-refractivity contribution in [2.24, 2.45) is 0 Å². The molecule has 0 bridgehead atoms. The number of pyridine rings is 1. The molecule has 1 aliphatic heterocycles. The highest BCUT2D eigenvalue weighted by atomic mass is 19.4. The Kier molecular flexibility index (Phi) is 7.81. The van der Waals surface area contributed by atoms with Crippen LogP contribution >= 0.6 is 0 Å². The number of anilines is 2. The first-order valence-electron chi connectivity index (χ1n) is 11.9. The van der Waals surface area contributed by atoms with E-state index in [1.165, 1.54) is 11.8 Å². The Morgan fingerprint density at radius 1 is 1.05 bits per heavy atom. The molecule has 38 heavy (non-hydrogen) atoms. The minimum atomic E-state index is -4.93. The lowest BCUT2D eigenvalue weighted by atomic mass is 10.0. The van der Waals surface area contributed by atoms with E-state index in [2.05, 4.69) is 10.3 Å². The average molecular weight is 524 g/mol. The molecule has 8 nitrogen and oxygen atoms in total. The molecule has 4 rings (SSSR count). The monoisotopic (exact) mass is 523 g/mol. The van der Waals surface area contributed by atoms with Crippen LogP contribution in [0.5, 0.6) is 0 Å². The average Bonchev–Trinajstić information content (AvgIpc) is 2.92. The van der Waals surface area contributed by atoms with Gasteiger partial charge in [0.15, 0.2) is 5.69 Å². The summed E-state index contributed by atoms with van der Waals surface area (Å²) in [6, 6.07) is 19.3. The van der Waals surface area contributed by atoms with Gasteiger partial charge in [0, 0.05) is 31.7 Å². The normalized spacial score (nSPS) is 13.6. The summed E-state index contributed by atoms with van der Waals surface area (Å²) in [6.45, 7) is 2.00. The van der Waals surface area contributed by atoms with Gasteiger partial charge in [0.1, 0.15) is 11.9 Å². The Morgan fingerprint density at radius 3 is 2.34 bits per heavy atom. The van der Waals surface area contributed by atoms with E-state index in [-0.39, 0.29) is 50.2 Å². The fourth-order valence-corrected chi connectivity index (χ4v) is 4.18. The van der Waals surface area contributed by atoms with Crippen molar-refractivity contribution in [3.63, 3.8) is 0 Å². The zero-order valence-corrected chi connectivity index (χ0v) is 20.5. The first-order valence-corrected chi connectivity index (χ1v) is 11.9. The number of para-hydroxylation sites is 1. The van der Waals surface area contributed by atoms with E-state index >= 15 is 0 Å². The maximum absolute atomic E-state index is 13.7. The number of urea groups is 1. The maximum Gasteiger partial charge on any atom is 0.434 e. The van der Waals surface area contributed by atoms with E-state index in [1.54, 1.807) is 11.0 Å². The van der Waals surface area contributed by atoms with Crippen molar-refractivity contribution in [2.75, 3.05) is 43.0 Å². The van der Waals surface area contributed by atoms with Gasteiger partial charge in [-0.1, -0.05) is 48.5 Å². The minimum Gasteiger partial charge on any atom is -0.462 e. The van der Waals surface area contributed by atoms with E-state index in [4.69, 9.17) is 4.74 Å². The molecule has 1 aliphatic rings. The summed E-state index contributed by atoms with van der Waals surface area (Å²) in [6.07, 6.45) is -4.93. The Labute approximate surface area is 217 Å². The molecule has 1 N–H and O–H groups in total. The maximum atomic E-state index is 13.7. The topological polar surface area (TPSA) is 98.6 Å². The Balaban J connectivity index is 1.51. The Morgan fingerprint density at radius 2 is 1.71 bits per heavy atom. The van der Waals surface area contributed by atoms with Crippen molar-refractivity contribution in [3.05, 3.63) is 77.5 Å². The third kappa shape index (κ3) is 5.70. The van der Waals surface area contributed by atoms with Crippen LogP contribution in [-0.2, 0) is 10.9 Å². The van der Waals surface area contributed by atoms with E-state index in [1.807, 2.05) is 54.6 Å². The zero-order chi connectivity index (χ0) is 27.3. The number of halogens is 3. The summed E-state index contributed by atoms with van der Waals surface area (Å²) in [5.41, 5.74) is 0.0106. The molecule has 1 saturated heterocycles. The van der Waals surface area contributed by atoms with Crippen LogP contribution < -0.4 is 10.2 Å². The fraction of sp³-hybridized carbons (Fsp3) is 0.259. The van der Waals surface area contributed by atoms with Gasteiger partial charge in [-0.2, -0.15) is 18.4 Å². The van der Waals surface area contributed by atoms with Gasteiger partial charge in [-0.3, -0.25) is 0 Å². The van der Waals surface area contributed by atoms with Gasteiger partial charge in [0.05, 0.1) is 23.4 Å². The highest BCUT2D eigenvalue weighted by Gasteiger charge is 2.40. The second-order valence-corrected chi connectivity index (χ2v) is 8.40. The molecule has 0 saturated carbocycles. The van der Waals surface area contributed by atoms with Crippen LogP contribution in [0, 0.1) is 11.3 Å². The number of ether oxygens (including phenoxy) is 1. The molecule has 2 amide bonds. The van der Waals surface area contributed by atoms with Gasteiger partial charge in [-0.15, -0.1) is 0 Å². The second-order valence-electron chi connectivity index (χ2n) is 8.40. The molecule has 0 aliphatic carbocycles. The molecular formula is C27H24F3N5O3. The van der Waals surface area contributed by atoms with E-state index < -0.39 is 23.4 Å². The molecule has 1 aromatic heterocycles. The number of nitrogens with zero attached hydrogens (tertiary/aromatic N) is 4. The highest BCUT2D eigenvalue weighted by molar-refractivity contribution is 5.95. The summed E-state index contributed by atoms with van der Waals surface area (Å²) < 4.78 is 45.9. The second kappa shape index (κ2) is 11.2. The first-order chi connectivity index (χ1) is 18.2. The third-order valence-corrected chi connectivity index (χ3v) is 6.01. The van der Waals surface area contributed by atoms with Gasteiger partial charge in [0.25, 0.3) is 0 Å². The standard InChI is InChI=1S/C27H24F3N5O3/c1-2-38-25(36)21-16-19(17-31)24(33-23(21)27(28,29)30)34-12-14-35(15-13-34)26(37)32-22-11-7-6-10-20(22)18-8-4-3-5-9-18/h3-11,16H,2,12-15H2,1H3,(H,32,37). The highest BCUT2D eigenvalue weighted by Crippen LogP contribution is 2.34. The van der Waals surface area contributed by atoms with Gasteiger partial charge >= 0.3 is 18.2 Å². The molecule has 0 atom stereocenters. The number of piperazine rings is 1. The SMILES string of the molecule is CCOC(=O)c1cc(C#N)c(N2CCN(C(=O)Nc3ccccc3-c3ccccc3)CC2)nc1C(F)(F)F. The predicted octanol–water partition coefficient (Wildman–Crippen LogP) is 5.17. The fourth-order valence-electron chi connectivity index (χ4n) is 4.18. The molecule has 196 valence electrons. The molecular weight excluding hydrogens is 499 g/mol. The lowest BCUT2D eigenvalue weighted by Gasteiger charge is -2.36. The summed E-state index contributed by atoms with van der Waals surface area (Å²) in [7, 11) is 0. The predicted molar refractivity (Wildman–Crippen MR) is 135 cm³/mol. The largest absolute Gasteiger partial charge is 0.462 e. The van der Waals surface area contributed by atoms with Gasteiger partial charge in [-0.25, -0.2) is 14.6 Å². The Bertz CT molecular complexity index is 1360. The number of aromatic nitrogens is 1. The Hall–Kier alpha value is -4.59. The van der Waals surface area contributed by atoms with Crippen molar-refractivity contribution in [1.29, 1.82) is 5.26 Å². The third-order valence-electron chi connectivity index (χ3n) is 6.01. The number of hydrogen-bond donors (Lipinski definition) is 1. The van der Waals surface area contributed by atoms with Crippen molar-refractivity contribution < 1.29 is 27.5 Å². The van der Waals surface area contributed by atoms with Gasteiger partial charge in [0.2, 0.25) is 0 Å². The van der Waals surface area contributed by atoms with Crippen LogP contribution in [0.25, 0.3) is 11.1 Å². The van der Waals surface area contributed by atoms with Gasteiger partial charge < -0.3 is 19.9 Å². The smallest absolute Gasteiger partial charge is 0.434 e. The summed E-state index contributed by atoms with van der Waals surface area (Å²) in [4.78, 5) is 31.9. The number of carbonyl (C=O) groups is 2. The summed E-state index contributed by atoms with van der Waals surface area (Å²) in [5, 5.41) is 12.5. The number of alkyl halides is 3. The molecule has 0 radical (unpaired) electrons. The lowest BCUT2D eigenvalue weighted by Crippen LogP contribution is -2.50. The number of carbonyl (C=O) groups excluding carboxylic acids is 2. The van der Waals surface area contributed by atoms with Crippen molar-refractivity contribution >= 4 is 23.5 Å². The van der Waals surface area contributed by atoms with Crippen molar-refractivity contribution in [2.45, 2.75) is 13.1 Å². The lowest BCUT2D eigenvalue weighted by molar-refractivity contribution is -0.141. The van der Waals surface area contributed by atoms with Crippen LogP contribution in [0.2, 0.25) is 0 Å². The molecule has 2 heterocycles. The first kappa shape index (κ1) is 26.5. The summed E-state index contributed by atoms with van der Waals surface area (Å²) in [5.74, 6) is -1.39. The number of nitriles is 1. The van der Waals surface area contributed by atoms with Crippen LogP contribution in [-0.4, -0.2) is 54.7 Å². The number of nitrogens with one attached hydrogen (secondary N) is 1. The molecule has 3 aromatic rings. The molecule has 0 unspecified atom stereocenters. The number of rotatable bonds is 5. The van der Waals surface area contributed by atoms with Crippen LogP contribution in [0.4, 0.5) is 29.5 Å². The number of benzene rings is 2. The zero-order valence-electron chi connectivity index (χ0n) is 20.5. The van der Waals surface area contributed by atoms with Crippen molar-refractivity contribution in [3.8, 4) is 17.2 Å². The van der Waals surface area contributed by atoms with Crippen LogP contribution in [0.1, 0.15) is 28.5 Å². The van der Waals surface area contributed by atoms with E-state index in [0.29, 0.717) is 5.69 Å². The minimum absolute atomic E-state index is 0.125. The number of hydrogen-bond acceptors (Lipinski definition) is 6.